The second-order valence-corrected chi connectivity index (χ2v) is 3.51. The van der Waals surface area contributed by atoms with E-state index in [1.807, 2.05) is 0 Å². The van der Waals surface area contributed by atoms with Gasteiger partial charge in [-0.25, -0.2) is 0 Å². The summed E-state index contributed by atoms with van der Waals surface area (Å²) in [5.74, 6) is 0. The minimum absolute atomic E-state index is 0.608. The van der Waals surface area contributed by atoms with Crippen LogP contribution in [-0.4, -0.2) is 20.3 Å². The third-order valence-electron chi connectivity index (χ3n) is 1.94. The molecule has 0 aromatic heterocycles. The predicted octanol–water partition coefficient (Wildman–Crippen LogP) is 2.66. The Balaban J connectivity index is 2.59. The predicted molar refractivity (Wildman–Crippen MR) is 61.1 cm³/mol. The van der Waals surface area contributed by atoms with Crippen LogP contribution in [0.5, 0.6) is 0 Å². The molecule has 1 N–H and O–H groups in total. The number of methoxy groups -OCH3 is 1. The Bertz CT molecular complexity index is 360. The van der Waals surface area contributed by atoms with E-state index in [-0.39, 0.29) is 0 Å². The molecule has 4 heteroatoms. The Morgan fingerprint density at radius 2 is 2.33 bits per heavy atom. The molecule has 1 aromatic rings. The molecule has 0 saturated carbocycles. The van der Waals surface area contributed by atoms with Crippen molar-refractivity contribution < 1.29 is 4.74 Å². The molecule has 0 amide bonds. The Kier molecular flexibility index (Phi) is 4.96. The standard InChI is InChI=1S/C11H13ClN2O/c1-15-6-2-5-14-11-7-10(12)4-3-9(11)8-13/h3-4,7,14H,2,5-6H2,1H3. The van der Waals surface area contributed by atoms with E-state index in [1.54, 1.807) is 25.3 Å². The van der Waals surface area contributed by atoms with Gasteiger partial charge in [-0.1, -0.05) is 11.6 Å². The van der Waals surface area contributed by atoms with E-state index in [2.05, 4.69) is 11.4 Å². The molecular formula is C11H13ClN2O. The highest BCUT2D eigenvalue weighted by Gasteiger charge is 2.01. The normalized spacial score (nSPS) is 9.67. The maximum atomic E-state index is 8.85. The highest BCUT2D eigenvalue weighted by molar-refractivity contribution is 6.30. The summed E-state index contributed by atoms with van der Waals surface area (Å²) in [7, 11) is 1.67. The van der Waals surface area contributed by atoms with E-state index < -0.39 is 0 Å². The number of hydrogen-bond donors (Lipinski definition) is 1. The molecule has 0 bridgehead atoms. The molecule has 1 rings (SSSR count). The number of rotatable bonds is 5. The summed E-state index contributed by atoms with van der Waals surface area (Å²) < 4.78 is 4.93. The van der Waals surface area contributed by atoms with Crippen molar-refractivity contribution in [2.24, 2.45) is 0 Å². The average molecular weight is 225 g/mol. The van der Waals surface area contributed by atoms with Gasteiger partial charge in [-0.2, -0.15) is 5.26 Å². The lowest BCUT2D eigenvalue weighted by Gasteiger charge is -2.07. The number of ether oxygens (including phenoxy) is 1. The summed E-state index contributed by atoms with van der Waals surface area (Å²) in [6, 6.07) is 7.29. The van der Waals surface area contributed by atoms with E-state index in [1.165, 1.54) is 0 Å². The van der Waals surface area contributed by atoms with Crippen LogP contribution in [0.1, 0.15) is 12.0 Å². The zero-order valence-electron chi connectivity index (χ0n) is 8.59. The Labute approximate surface area is 94.6 Å². The van der Waals surface area contributed by atoms with Crippen LogP contribution in [0, 0.1) is 11.3 Å². The van der Waals surface area contributed by atoms with E-state index in [0.717, 1.165) is 18.7 Å². The van der Waals surface area contributed by atoms with Crippen LogP contribution in [0.25, 0.3) is 0 Å². The quantitative estimate of drug-likeness (QED) is 0.783. The number of halogens is 1. The molecule has 0 aliphatic carbocycles. The molecule has 0 heterocycles. The maximum Gasteiger partial charge on any atom is 0.101 e. The molecule has 0 spiro atoms. The zero-order chi connectivity index (χ0) is 11.1. The van der Waals surface area contributed by atoms with Crippen LogP contribution in [0.2, 0.25) is 5.02 Å². The SMILES string of the molecule is COCCCNc1cc(Cl)ccc1C#N. The van der Waals surface area contributed by atoms with Gasteiger partial charge in [0, 0.05) is 25.3 Å². The second kappa shape index (κ2) is 6.28. The van der Waals surface area contributed by atoms with Gasteiger partial charge in [0.25, 0.3) is 0 Å². The number of nitrogens with zero attached hydrogens (tertiary/aromatic N) is 1. The highest BCUT2D eigenvalue weighted by Crippen LogP contribution is 2.20. The Morgan fingerprint density at radius 1 is 1.53 bits per heavy atom. The summed E-state index contributed by atoms with van der Waals surface area (Å²) in [5.41, 5.74) is 1.39. The zero-order valence-corrected chi connectivity index (χ0v) is 9.34. The molecule has 0 aliphatic heterocycles. The summed E-state index contributed by atoms with van der Waals surface area (Å²) in [5, 5.41) is 12.6. The van der Waals surface area contributed by atoms with Gasteiger partial charge in [0.05, 0.1) is 11.3 Å². The minimum atomic E-state index is 0.608. The smallest absolute Gasteiger partial charge is 0.101 e. The fourth-order valence-electron chi connectivity index (χ4n) is 1.20. The average Bonchev–Trinajstić information content (AvgIpc) is 2.25. The molecule has 0 unspecified atom stereocenters. The number of nitriles is 1. The van der Waals surface area contributed by atoms with Crippen LogP contribution in [-0.2, 0) is 4.74 Å². The highest BCUT2D eigenvalue weighted by atomic mass is 35.5. The van der Waals surface area contributed by atoms with Crippen molar-refractivity contribution in [3.8, 4) is 6.07 Å². The van der Waals surface area contributed by atoms with Crippen LogP contribution >= 0.6 is 11.6 Å². The van der Waals surface area contributed by atoms with Crippen molar-refractivity contribution in [3.63, 3.8) is 0 Å². The Hall–Kier alpha value is -1.24. The largest absolute Gasteiger partial charge is 0.385 e. The fraction of sp³-hybridized carbons (Fsp3) is 0.364. The number of nitrogens with one attached hydrogen (secondary N) is 1. The van der Waals surface area contributed by atoms with Gasteiger partial charge >= 0.3 is 0 Å². The third-order valence-corrected chi connectivity index (χ3v) is 2.18. The maximum absolute atomic E-state index is 8.85. The van der Waals surface area contributed by atoms with Crippen molar-refractivity contribution in [2.75, 3.05) is 25.6 Å². The third kappa shape index (κ3) is 3.78. The fourth-order valence-corrected chi connectivity index (χ4v) is 1.37. The van der Waals surface area contributed by atoms with E-state index in [9.17, 15) is 0 Å². The van der Waals surface area contributed by atoms with Gasteiger partial charge in [0.15, 0.2) is 0 Å². The van der Waals surface area contributed by atoms with Crippen LogP contribution in [0.15, 0.2) is 18.2 Å². The van der Waals surface area contributed by atoms with Crippen molar-refractivity contribution >= 4 is 17.3 Å². The van der Waals surface area contributed by atoms with Gasteiger partial charge in [0.2, 0.25) is 0 Å². The van der Waals surface area contributed by atoms with Crippen molar-refractivity contribution in [1.29, 1.82) is 5.26 Å². The lowest BCUT2D eigenvalue weighted by molar-refractivity contribution is 0.198. The number of anilines is 1. The van der Waals surface area contributed by atoms with E-state index >= 15 is 0 Å². The van der Waals surface area contributed by atoms with Crippen molar-refractivity contribution in [2.45, 2.75) is 6.42 Å². The molecule has 80 valence electrons. The van der Waals surface area contributed by atoms with Gasteiger partial charge in [-0.3, -0.25) is 0 Å². The molecule has 15 heavy (non-hydrogen) atoms. The molecule has 0 radical (unpaired) electrons. The topological polar surface area (TPSA) is 45.0 Å². The summed E-state index contributed by atoms with van der Waals surface area (Å²) in [6.07, 6.45) is 0.897. The lowest BCUT2D eigenvalue weighted by atomic mass is 10.2. The molecule has 0 atom stereocenters. The first-order valence-corrected chi connectivity index (χ1v) is 5.08. The minimum Gasteiger partial charge on any atom is -0.385 e. The van der Waals surface area contributed by atoms with Crippen LogP contribution in [0.4, 0.5) is 5.69 Å². The first-order chi connectivity index (χ1) is 7.27. The lowest BCUT2D eigenvalue weighted by Crippen LogP contribution is -2.05. The van der Waals surface area contributed by atoms with Gasteiger partial charge in [-0.15, -0.1) is 0 Å². The molecule has 1 aromatic carbocycles. The van der Waals surface area contributed by atoms with E-state index in [4.69, 9.17) is 21.6 Å². The van der Waals surface area contributed by atoms with Gasteiger partial charge in [-0.05, 0) is 24.6 Å². The molecule has 0 aliphatic rings. The van der Waals surface area contributed by atoms with Gasteiger partial charge < -0.3 is 10.1 Å². The monoisotopic (exact) mass is 224 g/mol. The number of hydrogen-bond acceptors (Lipinski definition) is 3. The second-order valence-electron chi connectivity index (χ2n) is 3.07. The summed E-state index contributed by atoms with van der Waals surface area (Å²) >= 11 is 5.84. The van der Waals surface area contributed by atoms with E-state index in [0.29, 0.717) is 17.2 Å². The molecule has 3 nitrogen and oxygen atoms in total. The van der Waals surface area contributed by atoms with Crippen LogP contribution in [0.3, 0.4) is 0 Å². The number of benzene rings is 1. The molecular weight excluding hydrogens is 212 g/mol. The molecule has 0 saturated heterocycles. The van der Waals surface area contributed by atoms with Crippen molar-refractivity contribution in [1.82, 2.24) is 0 Å². The van der Waals surface area contributed by atoms with Crippen molar-refractivity contribution in [3.05, 3.63) is 28.8 Å². The van der Waals surface area contributed by atoms with Crippen LogP contribution < -0.4 is 5.32 Å². The Morgan fingerprint density at radius 3 is 3.00 bits per heavy atom. The summed E-state index contributed by atoms with van der Waals surface area (Å²) in [6.45, 7) is 1.47. The van der Waals surface area contributed by atoms with Gasteiger partial charge in [0.1, 0.15) is 6.07 Å². The first-order valence-electron chi connectivity index (χ1n) is 4.70. The first kappa shape index (κ1) is 11.8. The summed E-state index contributed by atoms with van der Waals surface area (Å²) in [4.78, 5) is 0. The molecule has 0 fully saturated rings.